The molecule has 0 aliphatic carbocycles. The van der Waals surface area contributed by atoms with Crippen LogP contribution in [0.3, 0.4) is 0 Å². The van der Waals surface area contributed by atoms with Crippen LogP contribution in [0, 0.1) is 11.3 Å². The summed E-state index contributed by atoms with van der Waals surface area (Å²) < 4.78 is 0. The molecule has 3 rings (SSSR count). The SMILES string of the molecule is C=CC1C=C(C(=O)c2ccccc2)N2CC(C)(C)CC12C. The number of hydrogen-bond donors (Lipinski definition) is 0. The lowest BCUT2D eigenvalue weighted by Gasteiger charge is -2.35. The van der Waals surface area contributed by atoms with Crippen molar-refractivity contribution in [2.75, 3.05) is 6.54 Å². The smallest absolute Gasteiger partial charge is 0.208 e. The van der Waals surface area contributed by atoms with Crippen LogP contribution in [0.5, 0.6) is 0 Å². The van der Waals surface area contributed by atoms with E-state index in [1.807, 2.05) is 36.4 Å². The highest BCUT2D eigenvalue weighted by atomic mass is 16.1. The standard InChI is InChI=1S/C19H23NO/c1-5-15-11-16(17(21)14-9-7-6-8-10-14)20-13-18(2,3)12-19(15,20)4/h5-11,15H,1,12-13H2,2-4H3. The number of hydrogen-bond acceptors (Lipinski definition) is 2. The van der Waals surface area contributed by atoms with Gasteiger partial charge in [0.05, 0.1) is 5.70 Å². The molecule has 1 fully saturated rings. The number of fused-ring (bicyclic) bond motifs is 1. The van der Waals surface area contributed by atoms with E-state index in [2.05, 4.69) is 38.3 Å². The highest BCUT2D eigenvalue weighted by molar-refractivity contribution is 6.08. The monoisotopic (exact) mass is 281 g/mol. The fourth-order valence-electron chi connectivity index (χ4n) is 4.08. The second kappa shape index (κ2) is 4.59. The zero-order valence-electron chi connectivity index (χ0n) is 13.1. The summed E-state index contributed by atoms with van der Waals surface area (Å²) in [5, 5.41) is 0. The molecule has 2 unspecified atom stereocenters. The molecule has 2 nitrogen and oxygen atoms in total. The summed E-state index contributed by atoms with van der Waals surface area (Å²) in [4.78, 5) is 15.2. The van der Waals surface area contributed by atoms with Crippen molar-refractivity contribution < 1.29 is 4.79 Å². The molecule has 2 aliphatic rings. The largest absolute Gasteiger partial charge is 0.362 e. The van der Waals surface area contributed by atoms with Gasteiger partial charge in [0.25, 0.3) is 0 Å². The van der Waals surface area contributed by atoms with E-state index in [4.69, 9.17) is 0 Å². The molecule has 0 N–H and O–H groups in total. The van der Waals surface area contributed by atoms with E-state index in [1.165, 1.54) is 0 Å². The summed E-state index contributed by atoms with van der Waals surface area (Å²) in [5.74, 6) is 0.366. The quantitative estimate of drug-likeness (QED) is 0.615. The van der Waals surface area contributed by atoms with Gasteiger partial charge in [-0.3, -0.25) is 4.79 Å². The van der Waals surface area contributed by atoms with E-state index in [9.17, 15) is 4.79 Å². The van der Waals surface area contributed by atoms with Gasteiger partial charge in [0.1, 0.15) is 0 Å². The van der Waals surface area contributed by atoms with Crippen LogP contribution in [0.15, 0.2) is 54.8 Å². The van der Waals surface area contributed by atoms with E-state index in [-0.39, 0.29) is 22.7 Å². The molecule has 1 aromatic rings. The van der Waals surface area contributed by atoms with Crippen LogP contribution in [-0.2, 0) is 0 Å². The number of carbonyl (C=O) groups excluding carboxylic acids is 1. The Kier molecular flexibility index (Phi) is 3.09. The van der Waals surface area contributed by atoms with E-state index in [1.54, 1.807) is 0 Å². The third-order valence-corrected chi connectivity index (χ3v) is 4.91. The second-order valence-electron chi connectivity index (χ2n) is 7.29. The fraction of sp³-hybridized carbons (Fsp3) is 0.421. The molecule has 0 aromatic heterocycles. The van der Waals surface area contributed by atoms with Crippen LogP contribution in [0.25, 0.3) is 0 Å². The van der Waals surface area contributed by atoms with Gasteiger partial charge in [-0.05, 0) is 24.8 Å². The molecule has 0 amide bonds. The first-order valence-electron chi connectivity index (χ1n) is 7.59. The molecule has 110 valence electrons. The van der Waals surface area contributed by atoms with Crippen molar-refractivity contribution in [2.45, 2.75) is 32.7 Å². The van der Waals surface area contributed by atoms with Gasteiger partial charge in [-0.25, -0.2) is 0 Å². The lowest BCUT2D eigenvalue weighted by atomic mass is 9.78. The average molecular weight is 281 g/mol. The molecule has 0 spiro atoms. The van der Waals surface area contributed by atoms with Crippen molar-refractivity contribution in [1.29, 1.82) is 0 Å². The van der Waals surface area contributed by atoms with Gasteiger partial charge in [0.15, 0.2) is 0 Å². The molecule has 2 heterocycles. The van der Waals surface area contributed by atoms with Crippen LogP contribution < -0.4 is 0 Å². The van der Waals surface area contributed by atoms with Gasteiger partial charge in [0, 0.05) is 23.6 Å². The van der Waals surface area contributed by atoms with E-state index in [0.717, 1.165) is 24.2 Å². The third-order valence-electron chi connectivity index (χ3n) is 4.91. The maximum atomic E-state index is 12.9. The predicted octanol–water partition coefficient (Wildman–Crippen LogP) is 4.06. The number of allylic oxidation sites excluding steroid dienone is 1. The predicted molar refractivity (Wildman–Crippen MR) is 86.1 cm³/mol. The summed E-state index contributed by atoms with van der Waals surface area (Å²) in [5.41, 5.74) is 1.83. The van der Waals surface area contributed by atoms with E-state index < -0.39 is 0 Å². The van der Waals surface area contributed by atoms with E-state index in [0.29, 0.717) is 0 Å². The number of rotatable bonds is 3. The van der Waals surface area contributed by atoms with Crippen LogP contribution in [0.1, 0.15) is 37.6 Å². The van der Waals surface area contributed by atoms with Crippen LogP contribution >= 0.6 is 0 Å². The molecule has 0 bridgehead atoms. The van der Waals surface area contributed by atoms with Crippen molar-refractivity contribution in [3.05, 3.63) is 60.3 Å². The van der Waals surface area contributed by atoms with Crippen molar-refractivity contribution in [3.8, 4) is 0 Å². The summed E-state index contributed by atoms with van der Waals surface area (Å²) in [7, 11) is 0. The van der Waals surface area contributed by atoms with Crippen molar-refractivity contribution in [2.24, 2.45) is 11.3 Å². The Bertz CT molecular complexity index is 614. The zero-order chi connectivity index (χ0) is 15.3. The highest BCUT2D eigenvalue weighted by Gasteiger charge is 2.54. The molecule has 1 aromatic carbocycles. The normalized spacial score (nSPS) is 30.0. The van der Waals surface area contributed by atoms with Crippen LogP contribution in [0.2, 0.25) is 0 Å². The summed E-state index contributed by atoms with van der Waals surface area (Å²) in [6.07, 6.45) is 5.18. The van der Waals surface area contributed by atoms with Gasteiger partial charge in [-0.1, -0.05) is 50.3 Å². The maximum Gasteiger partial charge on any atom is 0.208 e. The summed E-state index contributed by atoms with van der Waals surface area (Å²) in [6.45, 7) is 11.7. The minimum absolute atomic E-state index is 0.00891. The Hall–Kier alpha value is -1.83. The fourth-order valence-corrected chi connectivity index (χ4v) is 4.08. The number of Topliss-reactive ketones (excluding diaryl/α,β-unsaturated/α-hetero) is 1. The number of carbonyl (C=O) groups is 1. The molecule has 1 saturated heterocycles. The Morgan fingerprint density at radius 3 is 2.57 bits per heavy atom. The molecule has 21 heavy (non-hydrogen) atoms. The van der Waals surface area contributed by atoms with Crippen molar-refractivity contribution >= 4 is 5.78 Å². The molecule has 0 radical (unpaired) electrons. The number of ketones is 1. The first kappa shape index (κ1) is 14.1. The van der Waals surface area contributed by atoms with Gasteiger partial charge in [0.2, 0.25) is 5.78 Å². The molecule has 2 aliphatic heterocycles. The second-order valence-corrected chi connectivity index (χ2v) is 7.29. The first-order valence-corrected chi connectivity index (χ1v) is 7.59. The Balaban J connectivity index is 2.00. The molecular formula is C19H23NO. The molecule has 2 atom stereocenters. The average Bonchev–Trinajstić information content (AvgIpc) is 2.84. The minimum Gasteiger partial charge on any atom is -0.362 e. The van der Waals surface area contributed by atoms with Gasteiger partial charge in [-0.2, -0.15) is 0 Å². The maximum absolute atomic E-state index is 12.9. The molecule has 2 heteroatoms. The van der Waals surface area contributed by atoms with Crippen molar-refractivity contribution in [3.63, 3.8) is 0 Å². The Morgan fingerprint density at radius 1 is 1.29 bits per heavy atom. The zero-order valence-corrected chi connectivity index (χ0v) is 13.1. The highest BCUT2D eigenvalue weighted by Crippen LogP contribution is 2.52. The van der Waals surface area contributed by atoms with Crippen LogP contribution in [-0.4, -0.2) is 22.8 Å². The first-order chi connectivity index (χ1) is 9.87. The topological polar surface area (TPSA) is 20.3 Å². The molecule has 0 saturated carbocycles. The Morgan fingerprint density at radius 2 is 1.95 bits per heavy atom. The van der Waals surface area contributed by atoms with Gasteiger partial charge in [-0.15, -0.1) is 6.58 Å². The van der Waals surface area contributed by atoms with Gasteiger partial charge < -0.3 is 4.90 Å². The number of benzene rings is 1. The summed E-state index contributed by atoms with van der Waals surface area (Å²) in [6, 6.07) is 9.56. The lowest BCUT2D eigenvalue weighted by molar-refractivity contribution is 0.0966. The minimum atomic E-state index is -0.00891. The van der Waals surface area contributed by atoms with Crippen molar-refractivity contribution in [1.82, 2.24) is 4.90 Å². The van der Waals surface area contributed by atoms with E-state index >= 15 is 0 Å². The summed E-state index contributed by atoms with van der Waals surface area (Å²) >= 11 is 0. The van der Waals surface area contributed by atoms with Gasteiger partial charge >= 0.3 is 0 Å². The third kappa shape index (κ3) is 2.14. The molecular weight excluding hydrogens is 258 g/mol. The van der Waals surface area contributed by atoms with Crippen LogP contribution in [0.4, 0.5) is 0 Å². The number of nitrogens with zero attached hydrogens (tertiary/aromatic N) is 1. The Labute approximate surface area is 127 Å². The lowest BCUT2D eigenvalue weighted by Crippen LogP contribution is -2.41.